The van der Waals surface area contributed by atoms with Crippen molar-refractivity contribution in [1.29, 1.82) is 0 Å². The van der Waals surface area contributed by atoms with Gasteiger partial charge in [0.15, 0.2) is 5.37 Å². The minimum atomic E-state index is -0.634. The van der Waals surface area contributed by atoms with Gasteiger partial charge in [0.1, 0.15) is 0 Å². The SMILES string of the molecule is Cc1ccc(N2C(=O)SC(Nc3ccc(C=Cc4ccccc4)cc3)C2=O)cc1C. The zero-order valence-electron chi connectivity index (χ0n) is 16.8. The third-order valence-corrected chi connectivity index (χ3v) is 6.01. The third kappa shape index (κ3) is 4.31. The van der Waals surface area contributed by atoms with Crippen LogP contribution in [0.1, 0.15) is 22.3 Å². The van der Waals surface area contributed by atoms with E-state index in [0.29, 0.717) is 5.69 Å². The van der Waals surface area contributed by atoms with Crippen LogP contribution in [0.4, 0.5) is 16.2 Å². The van der Waals surface area contributed by atoms with E-state index in [1.165, 1.54) is 4.90 Å². The molecular weight excluding hydrogens is 392 g/mol. The molecule has 0 saturated carbocycles. The van der Waals surface area contributed by atoms with E-state index < -0.39 is 5.37 Å². The monoisotopic (exact) mass is 414 g/mol. The summed E-state index contributed by atoms with van der Waals surface area (Å²) in [6.45, 7) is 3.98. The van der Waals surface area contributed by atoms with Gasteiger partial charge in [-0.15, -0.1) is 0 Å². The van der Waals surface area contributed by atoms with Crippen molar-refractivity contribution in [1.82, 2.24) is 0 Å². The summed E-state index contributed by atoms with van der Waals surface area (Å²) < 4.78 is 0. The molecule has 0 bridgehead atoms. The Labute approximate surface area is 180 Å². The van der Waals surface area contributed by atoms with Gasteiger partial charge >= 0.3 is 0 Å². The molecule has 1 unspecified atom stereocenters. The molecule has 4 nitrogen and oxygen atoms in total. The van der Waals surface area contributed by atoms with E-state index in [0.717, 1.165) is 39.7 Å². The lowest BCUT2D eigenvalue weighted by atomic mass is 10.1. The standard InChI is InChI=1S/C25H22N2O2S/c1-17-8-15-22(16-18(17)2)27-24(28)23(30-25(27)29)26-21-13-11-20(12-14-21)10-9-19-6-4-3-5-7-19/h3-16,23,26H,1-2H3. The van der Waals surface area contributed by atoms with Crippen LogP contribution in [0.25, 0.3) is 12.2 Å². The number of amides is 2. The normalized spacial score (nSPS) is 16.5. The Morgan fingerprint density at radius 3 is 2.17 bits per heavy atom. The van der Waals surface area contributed by atoms with Crippen molar-refractivity contribution in [2.75, 3.05) is 10.2 Å². The highest BCUT2D eigenvalue weighted by Crippen LogP contribution is 2.33. The van der Waals surface area contributed by atoms with E-state index in [1.54, 1.807) is 0 Å². The number of benzene rings is 3. The number of aryl methyl sites for hydroxylation is 2. The molecule has 1 heterocycles. The van der Waals surface area contributed by atoms with Crippen LogP contribution in [-0.2, 0) is 4.79 Å². The predicted octanol–water partition coefficient (Wildman–Crippen LogP) is 6.11. The zero-order valence-corrected chi connectivity index (χ0v) is 17.6. The summed E-state index contributed by atoms with van der Waals surface area (Å²) in [6.07, 6.45) is 4.10. The molecular formula is C25H22N2O2S. The molecule has 3 aromatic rings. The average Bonchev–Trinajstić information content (AvgIpc) is 3.03. The van der Waals surface area contributed by atoms with Gasteiger partial charge in [-0.1, -0.05) is 60.7 Å². The Kier molecular flexibility index (Phi) is 5.72. The lowest BCUT2D eigenvalue weighted by molar-refractivity contribution is -0.116. The van der Waals surface area contributed by atoms with Gasteiger partial charge < -0.3 is 5.32 Å². The van der Waals surface area contributed by atoms with E-state index in [2.05, 4.69) is 11.4 Å². The summed E-state index contributed by atoms with van der Waals surface area (Å²) in [7, 11) is 0. The van der Waals surface area contributed by atoms with Gasteiger partial charge in [-0.2, -0.15) is 0 Å². The Balaban J connectivity index is 1.44. The number of hydrogen-bond acceptors (Lipinski definition) is 4. The summed E-state index contributed by atoms with van der Waals surface area (Å²) in [5, 5.41) is 2.28. The summed E-state index contributed by atoms with van der Waals surface area (Å²) in [5.41, 5.74) is 5.79. The van der Waals surface area contributed by atoms with Crippen LogP contribution in [0.15, 0.2) is 72.8 Å². The first-order valence-corrected chi connectivity index (χ1v) is 10.6. The molecule has 150 valence electrons. The Bertz CT molecular complexity index is 1110. The van der Waals surface area contributed by atoms with E-state index in [4.69, 9.17) is 0 Å². The first-order chi connectivity index (χ1) is 14.5. The fourth-order valence-electron chi connectivity index (χ4n) is 3.20. The molecule has 3 aromatic carbocycles. The molecule has 1 N–H and O–H groups in total. The average molecular weight is 415 g/mol. The number of thioether (sulfide) groups is 1. The van der Waals surface area contributed by atoms with Crippen molar-refractivity contribution in [2.24, 2.45) is 0 Å². The lowest BCUT2D eigenvalue weighted by Crippen LogP contribution is -2.34. The molecule has 1 aliphatic heterocycles. The number of nitrogens with one attached hydrogen (secondary N) is 1. The van der Waals surface area contributed by atoms with Gasteiger partial charge in [-0.25, -0.2) is 4.90 Å². The smallest absolute Gasteiger partial charge is 0.295 e. The highest BCUT2D eigenvalue weighted by Gasteiger charge is 2.40. The summed E-state index contributed by atoms with van der Waals surface area (Å²) in [5.74, 6) is -0.249. The molecule has 0 aliphatic carbocycles. The Morgan fingerprint density at radius 1 is 0.833 bits per heavy atom. The van der Waals surface area contributed by atoms with Crippen molar-refractivity contribution in [3.63, 3.8) is 0 Å². The molecule has 1 aliphatic rings. The summed E-state index contributed by atoms with van der Waals surface area (Å²) in [6, 6.07) is 23.5. The zero-order chi connectivity index (χ0) is 21.1. The van der Waals surface area contributed by atoms with Crippen LogP contribution in [0.3, 0.4) is 0 Å². The summed E-state index contributed by atoms with van der Waals surface area (Å²) >= 11 is 1.01. The molecule has 1 atom stereocenters. The maximum atomic E-state index is 12.9. The van der Waals surface area contributed by atoms with Crippen LogP contribution in [-0.4, -0.2) is 16.5 Å². The van der Waals surface area contributed by atoms with Crippen molar-refractivity contribution in [2.45, 2.75) is 19.2 Å². The lowest BCUT2D eigenvalue weighted by Gasteiger charge is -2.16. The molecule has 0 aromatic heterocycles. The van der Waals surface area contributed by atoms with Gasteiger partial charge in [-0.3, -0.25) is 9.59 Å². The third-order valence-electron chi connectivity index (χ3n) is 5.07. The minimum absolute atomic E-state index is 0.249. The second-order valence-corrected chi connectivity index (χ2v) is 8.27. The number of imide groups is 1. The van der Waals surface area contributed by atoms with Crippen molar-refractivity contribution in [3.05, 3.63) is 95.1 Å². The Hall–Kier alpha value is -3.31. The van der Waals surface area contributed by atoms with Crippen LogP contribution < -0.4 is 10.2 Å². The number of nitrogens with zero attached hydrogens (tertiary/aromatic N) is 1. The Morgan fingerprint density at radius 2 is 1.50 bits per heavy atom. The number of anilines is 2. The maximum absolute atomic E-state index is 12.9. The molecule has 4 rings (SSSR count). The van der Waals surface area contributed by atoms with E-state index in [1.807, 2.05) is 92.7 Å². The van der Waals surface area contributed by atoms with Gasteiger partial charge in [0.25, 0.3) is 11.1 Å². The second-order valence-electron chi connectivity index (χ2n) is 7.22. The van der Waals surface area contributed by atoms with Crippen molar-refractivity contribution in [3.8, 4) is 0 Å². The molecule has 0 spiro atoms. The number of hydrogen-bond donors (Lipinski definition) is 1. The quantitative estimate of drug-likeness (QED) is 0.512. The molecule has 0 radical (unpaired) electrons. The molecule has 30 heavy (non-hydrogen) atoms. The van der Waals surface area contributed by atoms with Crippen molar-refractivity contribution >= 4 is 46.4 Å². The molecule has 2 amide bonds. The van der Waals surface area contributed by atoms with Gasteiger partial charge in [0.2, 0.25) is 0 Å². The van der Waals surface area contributed by atoms with Crippen LogP contribution >= 0.6 is 11.8 Å². The van der Waals surface area contributed by atoms with Gasteiger partial charge in [0.05, 0.1) is 5.69 Å². The first kappa shape index (κ1) is 20.0. The first-order valence-electron chi connectivity index (χ1n) is 9.73. The molecule has 1 saturated heterocycles. The van der Waals surface area contributed by atoms with E-state index in [9.17, 15) is 9.59 Å². The fourth-order valence-corrected chi connectivity index (χ4v) is 4.10. The predicted molar refractivity (Wildman–Crippen MR) is 126 cm³/mol. The van der Waals surface area contributed by atoms with Crippen molar-refractivity contribution < 1.29 is 9.59 Å². The van der Waals surface area contributed by atoms with Gasteiger partial charge in [-0.05, 0) is 72.1 Å². The topological polar surface area (TPSA) is 49.4 Å². The highest BCUT2D eigenvalue weighted by atomic mass is 32.2. The molecule has 1 fully saturated rings. The minimum Gasteiger partial charge on any atom is -0.365 e. The number of carbonyl (C=O) groups is 2. The highest BCUT2D eigenvalue weighted by molar-refractivity contribution is 8.16. The second kappa shape index (κ2) is 8.59. The number of carbonyl (C=O) groups excluding carboxylic acids is 2. The van der Waals surface area contributed by atoms with E-state index in [-0.39, 0.29) is 11.1 Å². The number of rotatable bonds is 5. The molecule has 5 heteroatoms. The van der Waals surface area contributed by atoms with Gasteiger partial charge in [0, 0.05) is 5.69 Å². The van der Waals surface area contributed by atoms with Crippen LogP contribution in [0.5, 0.6) is 0 Å². The largest absolute Gasteiger partial charge is 0.365 e. The van der Waals surface area contributed by atoms with E-state index >= 15 is 0 Å². The van der Waals surface area contributed by atoms with Crippen LogP contribution in [0, 0.1) is 13.8 Å². The van der Waals surface area contributed by atoms with Crippen LogP contribution in [0.2, 0.25) is 0 Å². The summed E-state index contributed by atoms with van der Waals surface area (Å²) in [4.78, 5) is 26.6. The maximum Gasteiger partial charge on any atom is 0.295 e. The fraction of sp³-hybridized carbons (Fsp3) is 0.120.